The van der Waals surface area contributed by atoms with E-state index in [-0.39, 0.29) is 81.2 Å². The molecule has 1 aromatic carbocycles. The van der Waals surface area contributed by atoms with Crippen LogP contribution in [0.5, 0.6) is 5.88 Å². The highest BCUT2D eigenvalue weighted by atomic mass is 16.5. The molecule has 3 N–H and O–H groups in total. The van der Waals surface area contributed by atoms with E-state index >= 15 is 0 Å². The summed E-state index contributed by atoms with van der Waals surface area (Å²) in [5.74, 6) is -1.21. The number of ether oxygens (including phenoxy) is 1. The monoisotopic (exact) mass is 667 g/mol. The molecule has 0 spiro atoms. The Morgan fingerprint density at radius 1 is 0.979 bits per heavy atom. The van der Waals surface area contributed by atoms with Crippen LogP contribution in [-0.2, 0) is 14.4 Å². The number of carboxylic acid groups (broad SMARTS) is 1. The Kier molecular flexibility index (Phi) is 11.5. The van der Waals surface area contributed by atoms with E-state index in [1.54, 1.807) is 41.1 Å². The smallest absolute Gasteiger partial charge is 0.407 e. The molecular weight excluding hydrogens is 622 g/mol. The second kappa shape index (κ2) is 16.0. The van der Waals surface area contributed by atoms with Crippen LogP contribution in [0.25, 0.3) is 5.69 Å². The second-order valence-electron chi connectivity index (χ2n) is 12.5. The Labute approximate surface area is 279 Å². The minimum absolute atomic E-state index is 0.0340. The van der Waals surface area contributed by atoms with Gasteiger partial charge in [0, 0.05) is 58.5 Å². The maximum atomic E-state index is 13.6. The van der Waals surface area contributed by atoms with Crippen LogP contribution in [0.4, 0.5) is 4.79 Å². The van der Waals surface area contributed by atoms with Gasteiger partial charge in [-0.3, -0.25) is 19.2 Å². The van der Waals surface area contributed by atoms with E-state index in [0.29, 0.717) is 31.5 Å². The summed E-state index contributed by atoms with van der Waals surface area (Å²) in [5, 5.41) is 25.8. The highest BCUT2D eigenvalue weighted by Crippen LogP contribution is 2.27. The first-order chi connectivity index (χ1) is 23.2. The highest BCUT2D eigenvalue weighted by molar-refractivity contribution is 5.96. The molecule has 0 radical (unpaired) electrons. The molecule has 0 unspecified atom stereocenters. The first kappa shape index (κ1) is 34.7. The number of amides is 5. The van der Waals surface area contributed by atoms with E-state index in [9.17, 15) is 34.2 Å². The van der Waals surface area contributed by atoms with Gasteiger partial charge in [0.05, 0.1) is 5.69 Å². The predicted octanol–water partition coefficient (Wildman–Crippen LogP) is 1.34. The molecule has 15 heteroatoms. The van der Waals surface area contributed by atoms with Crippen molar-refractivity contribution in [1.82, 2.24) is 34.7 Å². The molecule has 3 heterocycles. The number of rotatable bonds is 13. The van der Waals surface area contributed by atoms with Crippen molar-refractivity contribution in [3.05, 3.63) is 42.1 Å². The van der Waals surface area contributed by atoms with Gasteiger partial charge in [-0.15, -0.1) is 0 Å². The topological polar surface area (TPSA) is 178 Å². The van der Waals surface area contributed by atoms with Crippen molar-refractivity contribution in [1.29, 1.82) is 0 Å². The van der Waals surface area contributed by atoms with Gasteiger partial charge in [0.15, 0.2) is 12.3 Å². The quantitative estimate of drug-likeness (QED) is 0.266. The number of unbranched alkanes of at least 4 members (excludes halogenated alkanes) is 1. The van der Waals surface area contributed by atoms with Gasteiger partial charge < -0.3 is 39.9 Å². The minimum Gasteiger partial charge on any atom is -0.467 e. The van der Waals surface area contributed by atoms with Crippen LogP contribution < -0.4 is 10.1 Å². The first-order valence-corrected chi connectivity index (χ1v) is 16.7. The van der Waals surface area contributed by atoms with E-state index in [0.717, 1.165) is 25.7 Å². The number of likely N-dealkylation sites (tertiary alicyclic amines) is 1. The molecule has 2 aromatic rings. The third-order valence-corrected chi connectivity index (χ3v) is 9.45. The Morgan fingerprint density at radius 2 is 1.69 bits per heavy atom. The lowest BCUT2D eigenvalue weighted by Crippen LogP contribution is -2.55. The van der Waals surface area contributed by atoms with Crippen LogP contribution in [0.1, 0.15) is 61.9 Å². The fourth-order valence-electron chi connectivity index (χ4n) is 6.35. The Balaban J connectivity index is 1.29. The third-order valence-electron chi connectivity index (χ3n) is 9.45. The molecule has 2 atom stereocenters. The van der Waals surface area contributed by atoms with Crippen molar-refractivity contribution in [3.8, 4) is 11.6 Å². The number of benzene rings is 1. The molecule has 2 aliphatic heterocycles. The van der Waals surface area contributed by atoms with Gasteiger partial charge in [0.1, 0.15) is 12.1 Å². The van der Waals surface area contributed by atoms with E-state index in [1.165, 1.54) is 20.5 Å². The molecule has 5 rings (SSSR count). The first-order valence-electron chi connectivity index (χ1n) is 16.7. The summed E-state index contributed by atoms with van der Waals surface area (Å²) in [6.45, 7) is 0.780. The zero-order valence-corrected chi connectivity index (χ0v) is 27.3. The fourth-order valence-corrected chi connectivity index (χ4v) is 6.35. The van der Waals surface area contributed by atoms with Crippen LogP contribution in [0.3, 0.4) is 0 Å². The number of aliphatic hydroxyl groups excluding tert-OH is 1. The lowest BCUT2D eigenvalue weighted by Gasteiger charge is -2.37. The number of carbonyl (C=O) groups excluding carboxylic acids is 4. The van der Waals surface area contributed by atoms with Crippen LogP contribution in [0.15, 0.2) is 36.4 Å². The maximum absolute atomic E-state index is 13.6. The highest BCUT2D eigenvalue weighted by Gasteiger charge is 2.38. The lowest BCUT2D eigenvalue weighted by atomic mass is 9.91. The van der Waals surface area contributed by atoms with Crippen molar-refractivity contribution in [2.75, 3.05) is 53.0 Å². The summed E-state index contributed by atoms with van der Waals surface area (Å²) in [6.07, 6.45) is 4.53. The molecule has 1 saturated carbocycles. The number of aromatic nitrogens is 2. The zero-order valence-electron chi connectivity index (χ0n) is 27.3. The number of nitrogens with zero attached hydrogens (tertiary/aromatic N) is 6. The average molecular weight is 668 g/mol. The number of nitrogens with one attached hydrogen (secondary N) is 1. The van der Waals surface area contributed by atoms with Gasteiger partial charge >= 0.3 is 6.09 Å². The molecular formula is C33H45N7O8. The molecule has 3 aliphatic rings. The van der Waals surface area contributed by atoms with Crippen molar-refractivity contribution in [3.63, 3.8) is 0 Å². The molecule has 48 heavy (non-hydrogen) atoms. The Morgan fingerprint density at radius 3 is 2.33 bits per heavy atom. The van der Waals surface area contributed by atoms with Gasteiger partial charge in [0.2, 0.25) is 17.7 Å². The Bertz CT molecular complexity index is 1450. The van der Waals surface area contributed by atoms with E-state index < -0.39 is 24.1 Å². The van der Waals surface area contributed by atoms with E-state index in [4.69, 9.17) is 4.74 Å². The standard InChI is InChI=1S/C33H45N7O8/c1-36(23-11-7-12-23)32(45)27-14-8-15-39(27)28(42)22-48-29-21-26(35-40(29)24-9-3-2-4-10-24)30(43)34-25(13-5-6-20-41)31(44)37-16-18-38(19-17-37)33(46)47/h2-4,9-10,21,23,25,27,41H,5-8,11-20,22H2,1H3,(H,34,43)(H,46,47)/t25-,27-/m0/s1. The summed E-state index contributed by atoms with van der Waals surface area (Å²) in [5.41, 5.74) is 0.551. The summed E-state index contributed by atoms with van der Waals surface area (Å²) in [6, 6.07) is 9.15. The van der Waals surface area contributed by atoms with Crippen LogP contribution in [0.2, 0.25) is 0 Å². The molecule has 1 aliphatic carbocycles. The summed E-state index contributed by atoms with van der Waals surface area (Å²) in [7, 11) is 1.80. The second-order valence-corrected chi connectivity index (χ2v) is 12.5. The van der Waals surface area contributed by atoms with Gasteiger partial charge in [-0.2, -0.15) is 5.10 Å². The average Bonchev–Trinajstić information content (AvgIpc) is 3.74. The molecule has 2 saturated heterocycles. The molecule has 260 valence electrons. The number of hydrogen-bond donors (Lipinski definition) is 3. The number of carbonyl (C=O) groups is 5. The van der Waals surface area contributed by atoms with Gasteiger partial charge in [-0.25, -0.2) is 9.48 Å². The predicted molar refractivity (Wildman–Crippen MR) is 173 cm³/mol. The summed E-state index contributed by atoms with van der Waals surface area (Å²) < 4.78 is 7.38. The van der Waals surface area contributed by atoms with Crippen molar-refractivity contribution in [2.24, 2.45) is 0 Å². The summed E-state index contributed by atoms with van der Waals surface area (Å²) >= 11 is 0. The number of hydrogen-bond acceptors (Lipinski definition) is 8. The molecule has 0 bridgehead atoms. The summed E-state index contributed by atoms with van der Waals surface area (Å²) in [4.78, 5) is 71.1. The molecule has 1 aromatic heterocycles. The third kappa shape index (κ3) is 8.06. The molecule has 5 amide bonds. The number of piperazine rings is 1. The number of aliphatic hydroxyl groups is 1. The maximum Gasteiger partial charge on any atom is 0.407 e. The fraction of sp³-hybridized carbons (Fsp3) is 0.576. The van der Waals surface area contributed by atoms with Crippen LogP contribution >= 0.6 is 0 Å². The molecule has 3 fully saturated rings. The van der Waals surface area contributed by atoms with Gasteiger partial charge in [0.25, 0.3) is 11.8 Å². The van der Waals surface area contributed by atoms with E-state index in [2.05, 4.69) is 10.4 Å². The SMILES string of the molecule is CN(C(=O)[C@@H]1CCCN1C(=O)COc1cc(C(=O)N[C@@H](CCCCO)C(=O)N2CCN(C(=O)O)CC2)nn1-c1ccccc1)C1CCC1. The van der Waals surface area contributed by atoms with Crippen molar-refractivity contribution in [2.45, 2.75) is 69.5 Å². The van der Waals surface area contributed by atoms with Crippen molar-refractivity contribution >= 4 is 29.7 Å². The van der Waals surface area contributed by atoms with Crippen molar-refractivity contribution < 1.29 is 38.9 Å². The van der Waals surface area contributed by atoms with Gasteiger partial charge in [-0.05, 0) is 63.5 Å². The van der Waals surface area contributed by atoms with E-state index in [1.807, 2.05) is 6.07 Å². The Hall–Kier alpha value is -4.66. The molecule has 15 nitrogen and oxygen atoms in total. The van der Waals surface area contributed by atoms with Gasteiger partial charge in [-0.1, -0.05) is 18.2 Å². The van der Waals surface area contributed by atoms with Crippen LogP contribution in [-0.4, -0.2) is 140 Å². The number of likely N-dealkylation sites (N-methyl/N-ethyl adjacent to an activating group) is 1. The lowest BCUT2D eigenvalue weighted by molar-refractivity contribution is -0.146. The minimum atomic E-state index is -1.05. The normalized spacial score (nSPS) is 18.6. The zero-order chi connectivity index (χ0) is 34.2. The van der Waals surface area contributed by atoms with Crippen LogP contribution in [0, 0.1) is 0 Å². The number of para-hydroxylation sites is 1. The largest absolute Gasteiger partial charge is 0.467 e.